The minimum absolute atomic E-state index is 0.0248. The molecule has 1 atom stereocenters. The largest absolute Gasteiger partial charge is 0.497 e. The number of carbonyl (C=O) groups is 1. The number of methoxy groups -OCH3 is 2. The van der Waals surface area contributed by atoms with Crippen molar-refractivity contribution in [3.05, 3.63) is 41.9 Å². The first-order valence-corrected chi connectivity index (χ1v) is 11.0. The molecule has 0 radical (unpaired) electrons. The van der Waals surface area contributed by atoms with Crippen LogP contribution in [0.1, 0.15) is 44.4 Å². The highest BCUT2D eigenvalue weighted by molar-refractivity contribution is 5.92. The molecule has 0 spiro atoms. The van der Waals surface area contributed by atoms with Gasteiger partial charge in [0.25, 0.3) is 0 Å². The van der Waals surface area contributed by atoms with Gasteiger partial charge in [-0.25, -0.2) is 14.8 Å². The van der Waals surface area contributed by atoms with Crippen LogP contribution in [-0.4, -0.2) is 58.4 Å². The van der Waals surface area contributed by atoms with Crippen LogP contribution in [-0.2, 0) is 4.74 Å². The molecular weight excluding hydrogens is 434 g/mol. The van der Waals surface area contributed by atoms with E-state index in [9.17, 15) is 4.79 Å². The number of fused-ring (bicyclic) bond motifs is 1. The smallest absolute Gasteiger partial charge is 0.410 e. The fourth-order valence-electron chi connectivity index (χ4n) is 3.96. The van der Waals surface area contributed by atoms with Crippen LogP contribution in [0.2, 0.25) is 0 Å². The van der Waals surface area contributed by atoms with Gasteiger partial charge in [-0.2, -0.15) is 0 Å². The van der Waals surface area contributed by atoms with Gasteiger partial charge in [-0.3, -0.25) is 0 Å². The highest BCUT2D eigenvalue weighted by atomic mass is 16.6. The van der Waals surface area contributed by atoms with Gasteiger partial charge in [0.15, 0.2) is 0 Å². The van der Waals surface area contributed by atoms with Crippen molar-refractivity contribution < 1.29 is 19.0 Å². The summed E-state index contributed by atoms with van der Waals surface area (Å²) in [5.41, 5.74) is 7.82. The minimum Gasteiger partial charge on any atom is -0.497 e. The zero-order valence-corrected chi connectivity index (χ0v) is 20.1. The van der Waals surface area contributed by atoms with Crippen molar-refractivity contribution in [1.29, 1.82) is 0 Å². The number of rotatable bonds is 3. The highest BCUT2D eigenvalue weighted by Gasteiger charge is 2.32. The molecule has 1 amide bonds. The van der Waals surface area contributed by atoms with Crippen LogP contribution >= 0.6 is 0 Å². The first-order chi connectivity index (χ1) is 16.2. The highest BCUT2D eigenvalue weighted by Crippen LogP contribution is 2.31. The molecule has 2 aromatic heterocycles. The van der Waals surface area contributed by atoms with E-state index in [1.54, 1.807) is 25.2 Å². The van der Waals surface area contributed by atoms with E-state index in [-0.39, 0.29) is 12.1 Å². The maximum Gasteiger partial charge on any atom is 0.410 e. The second kappa shape index (κ2) is 9.14. The number of carbonyl (C=O) groups excluding carboxylic acids is 1. The van der Waals surface area contributed by atoms with E-state index < -0.39 is 5.60 Å². The number of likely N-dealkylation sites (tertiary alicyclic amines) is 1. The summed E-state index contributed by atoms with van der Waals surface area (Å²) in [4.78, 5) is 22.9. The summed E-state index contributed by atoms with van der Waals surface area (Å²) < 4.78 is 18.2. The van der Waals surface area contributed by atoms with E-state index >= 15 is 0 Å². The summed E-state index contributed by atoms with van der Waals surface area (Å²) in [6.07, 6.45) is 3.84. The number of benzene rings is 1. The van der Waals surface area contributed by atoms with Crippen molar-refractivity contribution in [2.75, 3.05) is 33.0 Å². The number of nitrogens with two attached hydrogens (primary N) is 1. The van der Waals surface area contributed by atoms with Gasteiger partial charge in [0.2, 0.25) is 0 Å². The van der Waals surface area contributed by atoms with Crippen LogP contribution in [0.5, 0.6) is 11.5 Å². The Kier molecular flexibility index (Phi) is 6.24. The van der Waals surface area contributed by atoms with Gasteiger partial charge in [0, 0.05) is 30.9 Å². The third kappa shape index (κ3) is 4.86. The molecule has 3 aromatic rings. The van der Waals surface area contributed by atoms with Crippen LogP contribution in [0.4, 0.5) is 10.6 Å². The average Bonchev–Trinajstić information content (AvgIpc) is 3.42. The summed E-state index contributed by atoms with van der Waals surface area (Å²) in [5.74, 6) is 8.05. The zero-order valence-electron chi connectivity index (χ0n) is 20.1. The van der Waals surface area contributed by atoms with E-state index in [0.29, 0.717) is 47.0 Å². The summed E-state index contributed by atoms with van der Waals surface area (Å²) in [5, 5.41) is 0.695. The van der Waals surface area contributed by atoms with Crippen molar-refractivity contribution >= 4 is 22.9 Å². The maximum absolute atomic E-state index is 12.5. The Balaban J connectivity index is 1.67. The van der Waals surface area contributed by atoms with Crippen LogP contribution < -0.4 is 15.2 Å². The molecule has 178 valence electrons. The lowest BCUT2D eigenvalue weighted by Gasteiger charge is -2.24. The second-order valence-corrected chi connectivity index (χ2v) is 9.13. The lowest BCUT2D eigenvalue weighted by Crippen LogP contribution is -2.35. The Morgan fingerprint density at radius 2 is 1.82 bits per heavy atom. The van der Waals surface area contributed by atoms with Gasteiger partial charge < -0.3 is 29.4 Å². The van der Waals surface area contributed by atoms with Crippen LogP contribution in [0.25, 0.3) is 11.0 Å². The maximum atomic E-state index is 12.5. The molecule has 1 saturated heterocycles. The standard InChI is InChI=1S/C25H29N5O4/c1-25(2,3)34-24(31)29-9-8-18(14-29)30-13-17(21-22(26)27-15-28-23(21)30)7-6-16-10-19(32-4)12-20(11-16)33-5/h10-13,15,18H,8-9,14H2,1-5H3,(H2,26,27,28)/t18-/m0/s1. The molecule has 2 N–H and O–H groups in total. The van der Waals surface area contributed by atoms with Gasteiger partial charge in [0.05, 0.1) is 31.2 Å². The molecule has 0 saturated carbocycles. The fourth-order valence-corrected chi connectivity index (χ4v) is 3.96. The number of hydrogen-bond donors (Lipinski definition) is 1. The number of aromatic nitrogens is 3. The molecule has 9 heteroatoms. The third-order valence-corrected chi connectivity index (χ3v) is 5.54. The minimum atomic E-state index is -0.539. The molecule has 1 aromatic carbocycles. The molecule has 1 fully saturated rings. The van der Waals surface area contributed by atoms with Crippen molar-refractivity contribution in [3.8, 4) is 23.3 Å². The molecule has 0 unspecified atom stereocenters. The Hall–Kier alpha value is -3.93. The second-order valence-electron chi connectivity index (χ2n) is 9.13. The molecular formula is C25H29N5O4. The predicted octanol–water partition coefficient (Wildman–Crippen LogP) is 3.61. The number of anilines is 1. The number of amides is 1. The summed E-state index contributed by atoms with van der Waals surface area (Å²) in [6.45, 7) is 6.70. The average molecular weight is 464 g/mol. The lowest BCUT2D eigenvalue weighted by atomic mass is 10.1. The van der Waals surface area contributed by atoms with E-state index in [1.165, 1.54) is 6.33 Å². The van der Waals surface area contributed by atoms with Gasteiger partial charge in [-0.05, 0) is 39.3 Å². The summed E-state index contributed by atoms with van der Waals surface area (Å²) in [7, 11) is 3.19. The molecule has 0 aliphatic carbocycles. The van der Waals surface area contributed by atoms with Gasteiger partial charge in [-0.15, -0.1) is 0 Å². The monoisotopic (exact) mass is 463 g/mol. The first-order valence-electron chi connectivity index (χ1n) is 11.0. The van der Waals surface area contributed by atoms with E-state index in [0.717, 1.165) is 12.0 Å². The van der Waals surface area contributed by atoms with Crippen molar-refractivity contribution in [3.63, 3.8) is 0 Å². The number of hydrogen-bond acceptors (Lipinski definition) is 7. The Morgan fingerprint density at radius 1 is 1.12 bits per heavy atom. The quantitative estimate of drug-likeness (QED) is 0.592. The van der Waals surface area contributed by atoms with Crippen molar-refractivity contribution in [2.24, 2.45) is 0 Å². The Morgan fingerprint density at radius 3 is 2.47 bits per heavy atom. The normalized spacial score (nSPS) is 15.7. The van der Waals surface area contributed by atoms with Crippen LogP contribution in [0, 0.1) is 11.8 Å². The summed E-state index contributed by atoms with van der Waals surface area (Å²) >= 11 is 0. The predicted molar refractivity (Wildman–Crippen MR) is 129 cm³/mol. The van der Waals surface area contributed by atoms with E-state index in [2.05, 4.69) is 21.8 Å². The third-order valence-electron chi connectivity index (χ3n) is 5.54. The van der Waals surface area contributed by atoms with E-state index in [4.69, 9.17) is 19.9 Å². The molecule has 4 rings (SSSR count). The zero-order chi connectivity index (χ0) is 24.5. The molecule has 0 bridgehead atoms. The molecule has 1 aliphatic rings. The van der Waals surface area contributed by atoms with Gasteiger partial charge in [-0.1, -0.05) is 11.8 Å². The number of nitrogen functional groups attached to an aromatic ring is 1. The van der Waals surface area contributed by atoms with Crippen LogP contribution in [0.3, 0.4) is 0 Å². The SMILES string of the molecule is COc1cc(C#Cc2cn([C@H]3CCN(C(=O)OC(C)(C)C)C3)c3ncnc(N)c23)cc(OC)c1. The number of nitrogens with zero attached hydrogens (tertiary/aromatic N) is 4. The van der Waals surface area contributed by atoms with E-state index in [1.807, 2.05) is 43.7 Å². The molecule has 3 heterocycles. The summed E-state index contributed by atoms with van der Waals surface area (Å²) in [6, 6.07) is 5.49. The molecule has 9 nitrogen and oxygen atoms in total. The van der Waals surface area contributed by atoms with Crippen LogP contribution in [0.15, 0.2) is 30.7 Å². The first kappa shape index (κ1) is 23.2. The number of ether oxygens (including phenoxy) is 3. The molecule has 34 heavy (non-hydrogen) atoms. The Bertz CT molecular complexity index is 1260. The van der Waals surface area contributed by atoms with Gasteiger partial charge >= 0.3 is 6.09 Å². The van der Waals surface area contributed by atoms with Gasteiger partial charge in [0.1, 0.15) is 34.9 Å². The van der Waals surface area contributed by atoms with Crippen molar-refractivity contribution in [1.82, 2.24) is 19.4 Å². The fraction of sp³-hybridized carbons (Fsp3) is 0.400. The lowest BCUT2D eigenvalue weighted by molar-refractivity contribution is 0.0289. The Labute approximate surface area is 198 Å². The van der Waals surface area contributed by atoms with Crippen molar-refractivity contribution in [2.45, 2.75) is 38.8 Å². The topological polar surface area (TPSA) is 105 Å². The molecule has 1 aliphatic heterocycles.